The Balaban J connectivity index is 1.66. The number of carbonyl (C=O) groups is 1. The Hall–Kier alpha value is -1.93. The number of rotatable bonds is 4. The molecule has 1 saturated heterocycles. The number of nitrogens with zero attached hydrogens (tertiary/aromatic N) is 1. The lowest BCUT2D eigenvalue weighted by atomic mass is 9.95. The highest BCUT2D eigenvalue weighted by Gasteiger charge is 2.55. The molecular weight excluding hydrogens is 282 g/mol. The van der Waals surface area contributed by atoms with Gasteiger partial charge in [-0.05, 0) is 18.4 Å². The number of Topliss-reactive ketones (excluding diaryl/α,β-unsaturated/α-hetero) is 1. The maximum absolute atomic E-state index is 13.1. The van der Waals surface area contributed by atoms with Crippen molar-refractivity contribution in [1.29, 1.82) is 0 Å². The zero-order valence-electron chi connectivity index (χ0n) is 14.3. The van der Waals surface area contributed by atoms with Gasteiger partial charge < -0.3 is 0 Å². The third-order valence-corrected chi connectivity index (χ3v) is 5.07. The van der Waals surface area contributed by atoms with Gasteiger partial charge in [-0.2, -0.15) is 0 Å². The van der Waals surface area contributed by atoms with Gasteiger partial charge in [-0.15, -0.1) is 0 Å². The molecule has 1 unspecified atom stereocenters. The summed E-state index contributed by atoms with van der Waals surface area (Å²) in [5.41, 5.74) is 1.91. The SMILES string of the molecule is [2H]C1(N2[C@H](C(=O)c3ccccc3)[C@H]2c2ccccc2)CCCCC1. The summed E-state index contributed by atoms with van der Waals surface area (Å²) in [5.74, 6) is 0.154. The van der Waals surface area contributed by atoms with E-state index in [1.165, 1.54) is 6.42 Å². The fourth-order valence-corrected chi connectivity index (χ4v) is 3.88. The van der Waals surface area contributed by atoms with Crippen LogP contribution in [0.25, 0.3) is 0 Å². The maximum Gasteiger partial charge on any atom is 0.181 e. The van der Waals surface area contributed by atoms with Gasteiger partial charge >= 0.3 is 0 Å². The molecule has 2 heteroatoms. The molecule has 0 aromatic heterocycles. The van der Waals surface area contributed by atoms with Crippen molar-refractivity contribution in [3.8, 4) is 0 Å². The van der Waals surface area contributed by atoms with E-state index in [4.69, 9.17) is 1.37 Å². The average molecular weight is 306 g/mol. The summed E-state index contributed by atoms with van der Waals surface area (Å²) >= 11 is 0. The molecule has 0 bridgehead atoms. The molecular formula is C21H23NO. The first-order valence-electron chi connectivity index (χ1n) is 9.13. The van der Waals surface area contributed by atoms with Crippen LogP contribution in [-0.4, -0.2) is 22.7 Å². The van der Waals surface area contributed by atoms with Crippen molar-refractivity contribution >= 4 is 5.78 Å². The monoisotopic (exact) mass is 306 g/mol. The van der Waals surface area contributed by atoms with E-state index in [-0.39, 0.29) is 17.9 Å². The van der Waals surface area contributed by atoms with Gasteiger partial charge in [0.05, 0.1) is 12.1 Å². The summed E-state index contributed by atoms with van der Waals surface area (Å²) < 4.78 is 8.98. The minimum absolute atomic E-state index is 0.0505. The van der Waals surface area contributed by atoms with Gasteiger partial charge in [-0.25, -0.2) is 0 Å². The Morgan fingerprint density at radius 3 is 2.17 bits per heavy atom. The highest BCUT2D eigenvalue weighted by Crippen LogP contribution is 2.49. The summed E-state index contributed by atoms with van der Waals surface area (Å²) in [6.07, 6.45) is 5.13. The molecule has 2 nitrogen and oxygen atoms in total. The number of carbonyl (C=O) groups excluding carboxylic acids is 1. The first-order chi connectivity index (χ1) is 11.7. The van der Waals surface area contributed by atoms with Crippen molar-refractivity contribution in [2.45, 2.75) is 50.2 Å². The lowest BCUT2D eigenvalue weighted by molar-refractivity contribution is 0.0963. The van der Waals surface area contributed by atoms with Crippen molar-refractivity contribution < 1.29 is 6.17 Å². The molecule has 4 rings (SSSR count). The summed E-state index contributed by atoms with van der Waals surface area (Å²) in [6, 6.07) is 19.0. The Bertz CT molecular complexity index is 709. The molecule has 3 atom stereocenters. The molecule has 0 spiro atoms. The Morgan fingerprint density at radius 1 is 0.913 bits per heavy atom. The maximum atomic E-state index is 13.1. The first-order valence-corrected chi connectivity index (χ1v) is 8.63. The van der Waals surface area contributed by atoms with E-state index >= 15 is 0 Å². The lowest BCUT2D eigenvalue weighted by Gasteiger charge is -2.24. The fraction of sp³-hybridized carbons (Fsp3) is 0.381. The van der Waals surface area contributed by atoms with Gasteiger partial charge in [0.25, 0.3) is 0 Å². The van der Waals surface area contributed by atoms with E-state index in [1.54, 1.807) is 0 Å². The third-order valence-electron chi connectivity index (χ3n) is 5.07. The minimum Gasteiger partial charge on any atom is -0.292 e. The number of hydrogen-bond donors (Lipinski definition) is 0. The highest BCUT2D eigenvalue weighted by molar-refractivity contribution is 6.02. The topological polar surface area (TPSA) is 20.1 Å². The van der Waals surface area contributed by atoms with Crippen LogP contribution in [0.4, 0.5) is 0 Å². The van der Waals surface area contributed by atoms with Crippen molar-refractivity contribution in [1.82, 2.24) is 4.90 Å². The Labute approximate surface area is 139 Å². The number of ketones is 1. The van der Waals surface area contributed by atoms with Crippen LogP contribution in [-0.2, 0) is 0 Å². The minimum atomic E-state index is -0.589. The number of benzene rings is 2. The van der Waals surface area contributed by atoms with Gasteiger partial charge in [0, 0.05) is 13.0 Å². The summed E-state index contributed by atoms with van der Waals surface area (Å²) in [4.78, 5) is 15.2. The summed E-state index contributed by atoms with van der Waals surface area (Å²) in [6.45, 7) is 0. The highest BCUT2D eigenvalue weighted by atomic mass is 16.1. The quantitative estimate of drug-likeness (QED) is 0.606. The van der Waals surface area contributed by atoms with Crippen LogP contribution in [0.15, 0.2) is 60.7 Å². The van der Waals surface area contributed by atoms with Crippen LogP contribution < -0.4 is 0 Å². The van der Waals surface area contributed by atoms with Crippen LogP contribution >= 0.6 is 0 Å². The molecule has 1 saturated carbocycles. The normalized spacial score (nSPS) is 29.6. The van der Waals surface area contributed by atoms with Gasteiger partial charge in [0.15, 0.2) is 5.78 Å². The fourth-order valence-electron chi connectivity index (χ4n) is 3.88. The Kier molecular flexibility index (Phi) is 3.69. The van der Waals surface area contributed by atoms with Gasteiger partial charge in [0.2, 0.25) is 0 Å². The standard InChI is InChI=1S/C21H23NO/c23-21(17-12-6-2-7-13-17)20-19(16-10-4-1-5-11-16)22(20)18-14-8-3-9-15-18/h1-2,4-7,10-13,18-20H,3,8-9,14-15H2/t19-,20+,22?/m1/s1/i18D. The van der Waals surface area contributed by atoms with Crippen LogP contribution in [0.1, 0.15) is 55.4 Å². The molecule has 2 aliphatic rings. The second-order valence-electron chi connectivity index (χ2n) is 6.56. The van der Waals surface area contributed by atoms with Crippen molar-refractivity contribution in [3.63, 3.8) is 0 Å². The van der Waals surface area contributed by atoms with Crippen molar-refractivity contribution in [2.75, 3.05) is 0 Å². The summed E-state index contributed by atoms with van der Waals surface area (Å²) in [7, 11) is 0. The summed E-state index contributed by atoms with van der Waals surface area (Å²) in [5, 5.41) is 0. The molecule has 0 amide bonds. The van der Waals surface area contributed by atoms with E-state index < -0.39 is 6.02 Å². The predicted molar refractivity (Wildman–Crippen MR) is 92.5 cm³/mol. The molecule has 2 aromatic rings. The van der Waals surface area contributed by atoms with Crippen LogP contribution in [0.5, 0.6) is 0 Å². The van der Waals surface area contributed by atoms with Gasteiger partial charge in [-0.1, -0.05) is 79.9 Å². The zero-order valence-corrected chi connectivity index (χ0v) is 13.3. The van der Waals surface area contributed by atoms with Crippen molar-refractivity contribution in [3.05, 3.63) is 71.8 Å². The molecule has 0 N–H and O–H groups in total. The second-order valence-corrected chi connectivity index (χ2v) is 6.56. The first kappa shape index (κ1) is 13.5. The molecule has 2 fully saturated rings. The molecule has 1 aliphatic carbocycles. The van der Waals surface area contributed by atoms with E-state index in [0.29, 0.717) is 0 Å². The van der Waals surface area contributed by atoms with Gasteiger partial charge in [-0.3, -0.25) is 9.69 Å². The van der Waals surface area contributed by atoms with Crippen LogP contribution in [0.3, 0.4) is 0 Å². The molecule has 118 valence electrons. The molecule has 2 aromatic carbocycles. The average Bonchev–Trinajstić information content (AvgIpc) is 3.40. The van der Waals surface area contributed by atoms with Crippen LogP contribution in [0, 0.1) is 0 Å². The predicted octanol–water partition coefficient (Wildman–Crippen LogP) is 4.63. The second kappa shape index (κ2) is 6.29. The smallest absolute Gasteiger partial charge is 0.181 e. The van der Waals surface area contributed by atoms with Gasteiger partial charge in [0.1, 0.15) is 0 Å². The Morgan fingerprint density at radius 2 is 1.52 bits per heavy atom. The van der Waals surface area contributed by atoms with Crippen molar-refractivity contribution in [2.24, 2.45) is 0 Å². The molecule has 1 aliphatic heterocycles. The third kappa shape index (κ3) is 2.84. The molecule has 0 radical (unpaired) electrons. The van der Waals surface area contributed by atoms with E-state index in [2.05, 4.69) is 17.0 Å². The zero-order chi connectivity index (χ0) is 16.6. The van der Waals surface area contributed by atoms with E-state index in [1.807, 2.05) is 48.5 Å². The number of hydrogen-bond acceptors (Lipinski definition) is 2. The van der Waals surface area contributed by atoms with Crippen LogP contribution in [0.2, 0.25) is 0 Å². The molecule has 23 heavy (non-hydrogen) atoms. The van der Waals surface area contributed by atoms with E-state index in [0.717, 1.165) is 36.8 Å². The lowest BCUT2D eigenvalue weighted by Crippen LogP contribution is -2.26. The molecule has 1 heterocycles. The van der Waals surface area contributed by atoms with E-state index in [9.17, 15) is 4.79 Å². The largest absolute Gasteiger partial charge is 0.292 e.